The molecule has 11 nitrogen and oxygen atoms in total. The fraction of sp³-hybridized carbons (Fsp3) is 0.690. The first-order chi connectivity index (χ1) is 19.4. The largest absolute Gasteiger partial charge is 0.494 e. The number of hydrogen-bond donors (Lipinski definition) is 3. The molecule has 0 aromatic heterocycles. The highest BCUT2D eigenvalue weighted by atomic mass is 16.5. The summed E-state index contributed by atoms with van der Waals surface area (Å²) >= 11 is 0. The quantitative estimate of drug-likeness (QED) is 0.347. The molecule has 1 aromatic rings. The molecule has 0 radical (unpaired) electrons. The Morgan fingerprint density at radius 3 is 2.52 bits per heavy atom. The monoisotopic (exact) mass is 558 g/mol. The second kappa shape index (κ2) is 12.0. The summed E-state index contributed by atoms with van der Waals surface area (Å²) in [5.74, 6) is -1.57. The van der Waals surface area contributed by atoms with E-state index in [4.69, 9.17) is 14.2 Å². The van der Waals surface area contributed by atoms with Crippen LogP contribution in [-0.4, -0.2) is 109 Å². The third-order valence-corrected chi connectivity index (χ3v) is 9.03. The number of likely N-dealkylation sites (tertiary alicyclic amines) is 1. The van der Waals surface area contributed by atoms with Gasteiger partial charge < -0.3 is 34.9 Å². The number of carbonyl (C=O) groups excluding carboxylic acids is 3. The maximum atomic E-state index is 14.0. The van der Waals surface area contributed by atoms with Crippen molar-refractivity contribution in [2.75, 3.05) is 64.5 Å². The summed E-state index contributed by atoms with van der Waals surface area (Å²) in [7, 11) is 0. The number of ether oxygens (including phenoxy) is 3. The molecular weight excluding hydrogens is 516 g/mol. The summed E-state index contributed by atoms with van der Waals surface area (Å²) < 4.78 is 17.7. The van der Waals surface area contributed by atoms with E-state index in [1.807, 2.05) is 13.8 Å². The maximum Gasteiger partial charge on any atom is 0.245 e. The van der Waals surface area contributed by atoms with Gasteiger partial charge in [0.15, 0.2) is 0 Å². The van der Waals surface area contributed by atoms with Crippen molar-refractivity contribution < 1.29 is 33.7 Å². The Hall–Kier alpha value is -2.73. The van der Waals surface area contributed by atoms with Crippen LogP contribution in [0.5, 0.6) is 5.75 Å². The number of anilines is 1. The Morgan fingerprint density at radius 1 is 1.10 bits per heavy atom. The summed E-state index contributed by atoms with van der Waals surface area (Å²) in [5.41, 5.74) is -1.28. The summed E-state index contributed by atoms with van der Waals surface area (Å²) in [4.78, 5) is 45.4. The van der Waals surface area contributed by atoms with Crippen LogP contribution < -0.4 is 15.4 Å². The van der Waals surface area contributed by atoms with Crippen LogP contribution in [0.15, 0.2) is 24.3 Å². The van der Waals surface area contributed by atoms with E-state index < -0.39 is 29.1 Å². The van der Waals surface area contributed by atoms with Gasteiger partial charge in [0.05, 0.1) is 37.3 Å². The van der Waals surface area contributed by atoms with E-state index in [2.05, 4.69) is 15.5 Å². The summed E-state index contributed by atoms with van der Waals surface area (Å²) in [6.07, 6.45) is 2.03. The van der Waals surface area contributed by atoms with Gasteiger partial charge >= 0.3 is 0 Å². The Balaban J connectivity index is 1.37. The number of benzene rings is 1. The molecule has 3 N–H and O–H groups in total. The molecule has 4 saturated heterocycles. The SMILES string of the molecule is CCOc1ccc(NC(=O)[C@H]2[C@H]3C(=O)N(CCCO)C(C(=O)NCCN4CCOCC4)C34CC[C@]2(CC)O4)cc1. The smallest absolute Gasteiger partial charge is 0.245 e. The molecule has 3 amide bonds. The fourth-order valence-corrected chi connectivity index (χ4v) is 7.18. The molecule has 1 aromatic carbocycles. The number of nitrogens with zero attached hydrogens (tertiary/aromatic N) is 2. The Kier molecular flexibility index (Phi) is 8.65. The average molecular weight is 559 g/mol. The molecule has 4 fully saturated rings. The molecule has 5 rings (SSSR count). The lowest BCUT2D eigenvalue weighted by atomic mass is 9.65. The molecule has 1 spiro atoms. The minimum absolute atomic E-state index is 0.103. The highest BCUT2D eigenvalue weighted by Crippen LogP contribution is 2.64. The Morgan fingerprint density at radius 2 is 1.85 bits per heavy atom. The topological polar surface area (TPSA) is 130 Å². The van der Waals surface area contributed by atoms with Gasteiger partial charge in [-0.3, -0.25) is 19.3 Å². The van der Waals surface area contributed by atoms with Gasteiger partial charge in [0, 0.05) is 45.0 Å². The average Bonchev–Trinajstić information content (AvgIpc) is 3.57. The molecule has 220 valence electrons. The van der Waals surface area contributed by atoms with Crippen molar-refractivity contribution >= 4 is 23.4 Å². The van der Waals surface area contributed by atoms with Crippen molar-refractivity contribution in [2.45, 2.75) is 56.8 Å². The van der Waals surface area contributed by atoms with Crippen LogP contribution in [0.3, 0.4) is 0 Å². The lowest BCUT2D eigenvalue weighted by molar-refractivity contribution is -0.146. The predicted octanol–water partition coefficient (Wildman–Crippen LogP) is 1.01. The van der Waals surface area contributed by atoms with Crippen LogP contribution in [0.2, 0.25) is 0 Å². The fourth-order valence-electron chi connectivity index (χ4n) is 7.18. The van der Waals surface area contributed by atoms with Gasteiger partial charge in [-0.2, -0.15) is 0 Å². The van der Waals surface area contributed by atoms with Gasteiger partial charge in [0.1, 0.15) is 17.4 Å². The maximum absolute atomic E-state index is 14.0. The number of amides is 3. The van der Waals surface area contributed by atoms with E-state index in [0.29, 0.717) is 70.0 Å². The van der Waals surface area contributed by atoms with Crippen LogP contribution in [0.1, 0.15) is 39.5 Å². The number of aliphatic hydroxyl groups is 1. The first kappa shape index (κ1) is 28.8. The van der Waals surface area contributed by atoms with Gasteiger partial charge in [-0.25, -0.2) is 0 Å². The first-order valence-electron chi connectivity index (χ1n) is 14.6. The van der Waals surface area contributed by atoms with Crippen LogP contribution in [0, 0.1) is 11.8 Å². The zero-order valence-electron chi connectivity index (χ0n) is 23.5. The van der Waals surface area contributed by atoms with E-state index in [1.54, 1.807) is 29.2 Å². The molecule has 4 aliphatic heterocycles. The minimum Gasteiger partial charge on any atom is -0.494 e. The molecule has 40 heavy (non-hydrogen) atoms. The van der Waals surface area contributed by atoms with Gasteiger partial charge in [-0.15, -0.1) is 0 Å². The van der Waals surface area contributed by atoms with Gasteiger partial charge in [0.25, 0.3) is 0 Å². The standard InChI is InChI=1S/C29H42N4O7/c1-3-28-10-11-29(40-28)23(22(28)25(35)31-20-6-8-21(9-7-20)39-4-2)27(37)33(13-5-17-34)24(29)26(36)30-12-14-32-15-18-38-19-16-32/h6-9,22-24,34H,3-5,10-19H2,1-2H3,(H,30,36)(H,31,35)/t22-,23+,24?,28+,29?/m1/s1. The molecule has 4 heterocycles. The van der Waals surface area contributed by atoms with Gasteiger partial charge in [0.2, 0.25) is 17.7 Å². The normalized spacial score (nSPS) is 31.3. The van der Waals surface area contributed by atoms with E-state index in [0.717, 1.165) is 13.1 Å². The number of aliphatic hydroxyl groups excluding tert-OH is 1. The predicted molar refractivity (Wildman–Crippen MR) is 147 cm³/mol. The zero-order chi connectivity index (χ0) is 28.3. The number of carbonyl (C=O) groups is 3. The lowest BCUT2D eigenvalue weighted by Gasteiger charge is -2.34. The van der Waals surface area contributed by atoms with Gasteiger partial charge in [-0.1, -0.05) is 6.92 Å². The van der Waals surface area contributed by atoms with E-state index >= 15 is 0 Å². The van der Waals surface area contributed by atoms with Crippen molar-refractivity contribution in [1.82, 2.24) is 15.1 Å². The zero-order valence-corrected chi connectivity index (χ0v) is 23.5. The number of rotatable bonds is 12. The third kappa shape index (κ3) is 5.08. The molecule has 0 saturated carbocycles. The third-order valence-electron chi connectivity index (χ3n) is 9.03. The Labute approximate surface area is 235 Å². The molecule has 4 aliphatic rings. The molecule has 5 atom stereocenters. The lowest BCUT2D eigenvalue weighted by Crippen LogP contribution is -2.56. The van der Waals surface area contributed by atoms with E-state index in [-0.39, 0.29) is 30.9 Å². The number of nitrogens with one attached hydrogen (secondary N) is 2. The van der Waals surface area contributed by atoms with Crippen molar-refractivity contribution in [1.29, 1.82) is 0 Å². The summed E-state index contributed by atoms with van der Waals surface area (Å²) in [6, 6.07) is 6.29. The van der Waals surface area contributed by atoms with Crippen LogP contribution in [0.4, 0.5) is 5.69 Å². The van der Waals surface area contributed by atoms with Crippen molar-refractivity contribution in [3.63, 3.8) is 0 Å². The summed E-state index contributed by atoms with van der Waals surface area (Å²) in [5, 5.41) is 15.6. The minimum atomic E-state index is -1.08. The highest BCUT2D eigenvalue weighted by Gasteiger charge is 2.78. The molecule has 11 heteroatoms. The number of fused-ring (bicyclic) bond motifs is 1. The van der Waals surface area contributed by atoms with Crippen molar-refractivity contribution in [2.24, 2.45) is 11.8 Å². The summed E-state index contributed by atoms with van der Waals surface area (Å²) in [6.45, 7) is 8.68. The molecular formula is C29H42N4O7. The van der Waals surface area contributed by atoms with Gasteiger partial charge in [-0.05, 0) is 56.9 Å². The van der Waals surface area contributed by atoms with Crippen LogP contribution in [0.25, 0.3) is 0 Å². The second-order valence-corrected chi connectivity index (χ2v) is 11.1. The molecule has 2 bridgehead atoms. The first-order valence-corrected chi connectivity index (χ1v) is 14.6. The van der Waals surface area contributed by atoms with Crippen molar-refractivity contribution in [3.05, 3.63) is 24.3 Å². The molecule has 0 aliphatic carbocycles. The Bertz CT molecular complexity index is 1080. The van der Waals surface area contributed by atoms with E-state index in [1.165, 1.54) is 0 Å². The molecule has 2 unspecified atom stereocenters. The number of morpholine rings is 1. The highest BCUT2D eigenvalue weighted by molar-refractivity contribution is 6.02. The number of hydrogen-bond acceptors (Lipinski definition) is 8. The van der Waals surface area contributed by atoms with Crippen LogP contribution >= 0.6 is 0 Å². The van der Waals surface area contributed by atoms with Crippen LogP contribution in [-0.2, 0) is 23.9 Å². The van der Waals surface area contributed by atoms with Crippen molar-refractivity contribution in [3.8, 4) is 5.75 Å². The second-order valence-electron chi connectivity index (χ2n) is 11.1. The van der Waals surface area contributed by atoms with E-state index in [9.17, 15) is 19.5 Å².